The van der Waals surface area contributed by atoms with Gasteiger partial charge >= 0.3 is 6.09 Å². The van der Waals surface area contributed by atoms with Crippen LogP contribution in [0.1, 0.15) is 29.5 Å². The third kappa shape index (κ3) is 2.65. The lowest BCUT2D eigenvalue weighted by atomic mass is 10.0. The molecule has 0 N–H and O–H groups in total. The maximum atomic E-state index is 12.2. The van der Waals surface area contributed by atoms with Gasteiger partial charge < -0.3 is 14.4 Å². The highest BCUT2D eigenvalue weighted by Crippen LogP contribution is 2.30. The summed E-state index contributed by atoms with van der Waals surface area (Å²) in [6.45, 7) is 6.04. The van der Waals surface area contributed by atoms with E-state index in [1.165, 1.54) is 5.56 Å². The van der Waals surface area contributed by atoms with Gasteiger partial charge in [-0.25, -0.2) is 9.78 Å². The minimum Gasteiger partial charge on any atom is -0.391 e. The van der Waals surface area contributed by atoms with Crippen LogP contribution in [0.3, 0.4) is 0 Å². The molecule has 1 fully saturated rings. The lowest BCUT2D eigenvalue weighted by Gasteiger charge is -2.29. The Hall–Kier alpha value is -2.14. The van der Waals surface area contributed by atoms with E-state index in [1.54, 1.807) is 4.90 Å². The summed E-state index contributed by atoms with van der Waals surface area (Å²) in [5.41, 5.74) is 4.19. The Morgan fingerprint density at radius 3 is 2.96 bits per heavy atom. The van der Waals surface area contributed by atoms with Gasteiger partial charge in [0.05, 0.1) is 24.7 Å². The molecule has 4 rings (SSSR count). The molecule has 5 nitrogen and oxygen atoms in total. The highest BCUT2D eigenvalue weighted by Gasteiger charge is 2.30. The number of benzene rings is 1. The second-order valence-corrected chi connectivity index (χ2v) is 6.48. The molecule has 5 heteroatoms. The average Bonchev–Trinajstić information content (AvgIpc) is 3.00. The molecule has 3 heterocycles. The van der Waals surface area contributed by atoms with Crippen LogP contribution in [0.15, 0.2) is 18.2 Å². The highest BCUT2D eigenvalue weighted by molar-refractivity contribution is 5.85. The number of hydrogen-bond acceptors (Lipinski definition) is 4. The summed E-state index contributed by atoms with van der Waals surface area (Å²) < 4.78 is 11.1. The molecule has 1 saturated heterocycles. The van der Waals surface area contributed by atoms with Crippen molar-refractivity contribution in [1.82, 2.24) is 9.88 Å². The zero-order chi connectivity index (χ0) is 16.0. The van der Waals surface area contributed by atoms with Crippen molar-refractivity contribution in [3.05, 3.63) is 34.9 Å². The zero-order valence-corrected chi connectivity index (χ0v) is 13.5. The molecule has 0 spiro atoms. The third-order valence-corrected chi connectivity index (χ3v) is 4.58. The van der Waals surface area contributed by atoms with Crippen molar-refractivity contribution in [2.45, 2.75) is 39.3 Å². The summed E-state index contributed by atoms with van der Waals surface area (Å²) in [5, 5.41) is 1.12. The number of ether oxygens (including phenoxy) is 2. The van der Waals surface area contributed by atoms with Crippen LogP contribution in [0, 0.1) is 13.8 Å². The van der Waals surface area contributed by atoms with Crippen LogP contribution in [0.2, 0.25) is 0 Å². The van der Waals surface area contributed by atoms with Crippen LogP contribution in [0.5, 0.6) is 5.88 Å². The lowest BCUT2D eigenvalue weighted by molar-refractivity contribution is 0.0641. The Labute approximate surface area is 135 Å². The summed E-state index contributed by atoms with van der Waals surface area (Å²) in [4.78, 5) is 18.5. The molecule has 23 heavy (non-hydrogen) atoms. The maximum Gasteiger partial charge on any atom is 0.416 e. The molecule has 1 atom stereocenters. The SMILES string of the molecule is Cc1cc(C)c2cc3c(nc2c1)OC(=O)N(C[C@H]1CCCO1)C3. The summed E-state index contributed by atoms with van der Waals surface area (Å²) in [6, 6.07) is 6.27. The first-order valence-electron chi connectivity index (χ1n) is 8.09. The number of carbonyl (C=O) groups excluding carboxylic acids is 1. The first-order chi connectivity index (χ1) is 11.1. The largest absolute Gasteiger partial charge is 0.416 e. The van der Waals surface area contributed by atoms with E-state index in [1.807, 2.05) is 13.0 Å². The predicted octanol–water partition coefficient (Wildman–Crippen LogP) is 3.35. The van der Waals surface area contributed by atoms with Crippen molar-refractivity contribution in [3.8, 4) is 5.88 Å². The van der Waals surface area contributed by atoms with Crippen LogP contribution < -0.4 is 4.74 Å². The van der Waals surface area contributed by atoms with Gasteiger partial charge in [-0.3, -0.25) is 0 Å². The van der Waals surface area contributed by atoms with Crippen LogP contribution in [0.4, 0.5) is 4.79 Å². The van der Waals surface area contributed by atoms with Gasteiger partial charge in [-0.2, -0.15) is 0 Å². The predicted molar refractivity (Wildman–Crippen MR) is 86.6 cm³/mol. The normalized spacial score (nSPS) is 20.7. The topological polar surface area (TPSA) is 51.7 Å². The minimum atomic E-state index is -0.329. The van der Waals surface area contributed by atoms with Crippen LogP contribution >= 0.6 is 0 Å². The van der Waals surface area contributed by atoms with Crippen LogP contribution in [-0.2, 0) is 11.3 Å². The molecule has 2 aliphatic rings. The fraction of sp³-hybridized carbons (Fsp3) is 0.444. The molecule has 0 aliphatic carbocycles. The first kappa shape index (κ1) is 14.5. The molecule has 2 aliphatic heterocycles. The minimum absolute atomic E-state index is 0.127. The van der Waals surface area contributed by atoms with Crippen molar-refractivity contribution in [3.63, 3.8) is 0 Å². The van der Waals surface area contributed by atoms with E-state index in [0.29, 0.717) is 19.0 Å². The number of hydrogen-bond donors (Lipinski definition) is 0. The summed E-state index contributed by atoms with van der Waals surface area (Å²) in [5.74, 6) is 0.441. The van der Waals surface area contributed by atoms with E-state index in [4.69, 9.17) is 9.47 Å². The van der Waals surface area contributed by atoms with Gasteiger partial charge in [-0.15, -0.1) is 0 Å². The maximum absolute atomic E-state index is 12.2. The van der Waals surface area contributed by atoms with Crippen molar-refractivity contribution in [1.29, 1.82) is 0 Å². The van der Waals surface area contributed by atoms with Gasteiger partial charge in [0, 0.05) is 17.6 Å². The number of aryl methyl sites for hydroxylation is 2. The first-order valence-corrected chi connectivity index (χ1v) is 8.09. The smallest absolute Gasteiger partial charge is 0.391 e. The van der Waals surface area contributed by atoms with Crippen molar-refractivity contribution >= 4 is 17.0 Å². The standard InChI is InChI=1S/C18H20N2O3/c1-11-6-12(2)15-8-13-9-20(10-14-4-3-5-22-14)18(21)23-17(13)19-16(15)7-11/h6-8,14H,3-5,9-10H2,1-2H3/t14-/m1/s1. The molecule has 0 saturated carbocycles. The zero-order valence-electron chi connectivity index (χ0n) is 13.5. The molecule has 0 unspecified atom stereocenters. The molecule has 2 aromatic rings. The summed E-state index contributed by atoms with van der Waals surface area (Å²) >= 11 is 0. The Kier molecular flexibility index (Phi) is 3.45. The number of nitrogens with zero attached hydrogens (tertiary/aromatic N) is 2. The van der Waals surface area contributed by atoms with Crippen molar-refractivity contribution < 1.29 is 14.3 Å². The Morgan fingerprint density at radius 1 is 1.30 bits per heavy atom. The number of carbonyl (C=O) groups is 1. The van der Waals surface area contributed by atoms with Crippen LogP contribution in [0.25, 0.3) is 10.9 Å². The molecule has 0 radical (unpaired) electrons. The molecule has 1 aromatic heterocycles. The van der Waals surface area contributed by atoms with Gasteiger partial charge in [-0.05, 0) is 49.9 Å². The second-order valence-electron chi connectivity index (χ2n) is 6.48. The van der Waals surface area contributed by atoms with Gasteiger partial charge in [-0.1, -0.05) is 6.07 Å². The average molecular weight is 312 g/mol. The van der Waals surface area contributed by atoms with Gasteiger partial charge in [0.2, 0.25) is 5.88 Å². The Balaban J connectivity index is 1.67. The van der Waals surface area contributed by atoms with E-state index in [0.717, 1.165) is 41.5 Å². The molecular weight excluding hydrogens is 292 g/mol. The fourth-order valence-corrected chi connectivity index (χ4v) is 3.45. The molecular formula is C18H20N2O3. The molecule has 120 valence electrons. The number of pyridine rings is 1. The lowest BCUT2D eigenvalue weighted by Crippen LogP contribution is -2.41. The number of rotatable bonds is 2. The monoisotopic (exact) mass is 312 g/mol. The van der Waals surface area contributed by atoms with Gasteiger partial charge in [0.25, 0.3) is 0 Å². The van der Waals surface area contributed by atoms with E-state index in [2.05, 4.69) is 24.0 Å². The molecule has 0 bridgehead atoms. The number of fused-ring (bicyclic) bond motifs is 2. The second kappa shape index (κ2) is 5.49. The summed E-state index contributed by atoms with van der Waals surface area (Å²) in [6.07, 6.45) is 1.87. The van der Waals surface area contributed by atoms with E-state index < -0.39 is 0 Å². The summed E-state index contributed by atoms with van der Waals surface area (Å²) in [7, 11) is 0. The number of aromatic nitrogens is 1. The van der Waals surface area contributed by atoms with Crippen LogP contribution in [-0.4, -0.2) is 35.2 Å². The Bertz CT molecular complexity index is 781. The van der Waals surface area contributed by atoms with Gasteiger partial charge in [0.15, 0.2) is 0 Å². The Morgan fingerprint density at radius 2 is 2.17 bits per heavy atom. The molecule has 1 amide bonds. The molecule has 1 aromatic carbocycles. The fourth-order valence-electron chi connectivity index (χ4n) is 3.45. The number of amides is 1. The van der Waals surface area contributed by atoms with Crippen molar-refractivity contribution in [2.75, 3.05) is 13.2 Å². The van der Waals surface area contributed by atoms with E-state index >= 15 is 0 Å². The third-order valence-electron chi connectivity index (χ3n) is 4.58. The quantitative estimate of drug-likeness (QED) is 0.853. The highest BCUT2D eigenvalue weighted by atomic mass is 16.6. The van der Waals surface area contributed by atoms with E-state index in [-0.39, 0.29) is 12.2 Å². The van der Waals surface area contributed by atoms with E-state index in [9.17, 15) is 4.79 Å². The van der Waals surface area contributed by atoms with Gasteiger partial charge in [0.1, 0.15) is 0 Å². The van der Waals surface area contributed by atoms with Crippen molar-refractivity contribution in [2.24, 2.45) is 0 Å².